The van der Waals surface area contributed by atoms with E-state index in [1.54, 1.807) is 11.3 Å². The van der Waals surface area contributed by atoms with Gasteiger partial charge in [0.15, 0.2) is 5.82 Å². The molecule has 3 N–H and O–H groups in total. The maximum Gasteiger partial charge on any atom is 0.161 e. The highest BCUT2D eigenvalue weighted by Gasteiger charge is 2.17. The lowest BCUT2D eigenvalue weighted by Gasteiger charge is -2.11. The second kappa shape index (κ2) is 7.11. The molecule has 0 aliphatic carbocycles. The molecule has 2 aromatic carbocycles. The zero-order valence-corrected chi connectivity index (χ0v) is 15.1. The molecule has 0 radical (unpaired) electrons. The van der Waals surface area contributed by atoms with E-state index in [4.69, 9.17) is 10.6 Å². The van der Waals surface area contributed by atoms with Gasteiger partial charge in [-0.25, -0.2) is 15.8 Å². The van der Waals surface area contributed by atoms with E-state index in [9.17, 15) is 0 Å². The van der Waals surface area contributed by atoms with Crippen molar-refractivity contribution in [3.05, 3.63) is 72.1 Å². The second-order valence-corrected chi connectivity index (χ2v) is 6.89. The van der Waals surface area contributed by atoms with Gasteiger partial charge in [0.2, 0.25) is 0 Å². The van der Waals surface area contributed by atoms with Gasteiger partial charge in [-0.15, -0.1) is 11.3 Å². The van der Waals surface area contributed by atoms with Crippen molar-refractivity contribution in [1.82, 2.24) is 9.97 Å². The summed E-state index contributed by atoms with van der Waals surface area (Å²) in [6.45, 7) is 2.59. The van der Waals surface area contributed by atoms with E-state index >= 15 is 0 Å². The van der Waals surface area contributed by atoms with Gasteiger partial charge >= 0.3 is 0 Å². The number of nitrogen functional groups attached to an aromatic ring is 1. The first-order valence-corrected chi connectivity index (χ1v) is 9.06. The van der Waals surface area contributed by atoms with Crippen molar-refractivity contribution >= 4 is 27.4 Å². The van der Waals surface area contributed by atoms with E-state index < -0.39 is 0 Å². The predicted octanol–water partition coefficient (Wildman–Crippen LogP) is 4.53. The molecule has 0 unspecified atom stereocenters. The number of benzene rings is 2. The molecule has 0 aliphatic heterocycles. The Labute approximate surface area is 155 Å². The first-order chi connectivity index (χ1) is 12.8. The Balaban J connectivity index is 1.75. The molecular formula is C20H18N4OS. The summed E-state index contributed by atoms with van der Waals surface area (Å²) in [5.41, 5.74) is 6.84. The second-order valence-electron chi connectivity index (χ2n) is 5.87. The van der Waals surface area contributed by atoms with E-state index in [0.29, 0.717) is 12.4 Å². The number of rotatable bonds is 5. The fourth-order valence-electron chi connectivity index (χ4n) is 2.90. The Hall–Kier alpha value is -2.96. The fourth-order valence-corrected chi connectivity index (χ4v) is 4.14. The third-order valence-corrected chi connectivity index (χ3v) is 5.53. The van der Waals surface area contributed by atoms with Gasteiger partial charge in [-0.05, 0) is 30.2 Å². The minimum atomic E-state index is 0.525. The van der Waals surface area contributed by atoms with Gasteiger partial charge in [0.1, 0.15) is 18.7 Å². The van der Waals surface area contributed by atoms with Gasteiger partial charge in [0, 0.05) is 10.4 Å². The van der Waals surface area contributed by atoms with Crippen molar-refractivity contribution in [1.29, 1.82) is 0 Å². The van der Waals surface area contributed by atoms with E-state index in [-0.39, 0.29) is 0 Å². The Bertz CT molecular complexity index is 1050. The van der Waals surface area contributed by atoms with Crippen molar-refractivity contribution in [3.63, 3.8) is 0 Å². The van der Waals surface area contributed by atoms with Crippen LogP contribution in [0, 0.1) is 6.92 Å². The smallest absolute Gasteiger partial charge is 0.161 e. The van der Waals surface area contributed by atoms with Crippen LogP contribution in [0.2, 0.25) is 0 Å². The van der Waals surface area contributed by atoms with Gasteiger partial charge in [-0.2, -0.15) is 0 Å². The van der Waals surface area contributed by atoms with Gasteiger partial charge < -0.3 is 10.2 Å². The molecule has 4 aromatic rings. The fraction of sp³-hybridized carbons (Fsp3) is 0.100. The summed E-state index contributed by atoms with van der Waals surface area (Å²) in [5, 5.41) is 0. The number of hydrogen-bond acceptors (Lipinski definition) is 6. The molecule has 5 nitrogen and oxygen atoms in total. The summed E-state index contributed by atoms with van der Waals surface area (Å²) in [4.78, 5) is 9.74. The number of para-hydroxylation sites is 1. The molecule has 130 valence electrons. The average molecular weight is 362 g/mol. The van der Waals surface area contributed by atoms with Crippen molar-refractivity contribution in [2.24, 2.45) is 5.84 Å². The molecule has 0 fully saturated rings. The molecule has 0 saturated carbocycles. The van der Waals surface area contributed by atoms with Gasteiger partial charge in [-0.1, -0.05) is 42.5 Å². The largest absolute Gasteiger partial charge is 0.488 e. The van der Waals surface area contributed by atoms with Crippen molar-refractivity contribution in [3.8, 4) is 16.2 Å². The molecule has 26 heavy (non-hydrogen) atoms. The predicted molar refractivity (Wildman–Crippen MR) is 106 cm³/mol. The molecule has 0 spiro atoms. The number of aromatic nitrogens is 2. The monoisotopic (exact) mass is 362 g/mol. The molecule has 0 atom stereocenters. The van der Waals surface area contributed by atoms with Gasteiger partial charge in [0.05, 0.1) is 10.2 Å². The Morgan fingerprint density at radius 1 is 1.04 bits per heavy atom. The van der Waals surface area contributed by atoms with Crippen LogP contribution >= 0.6 is 11.3 Å². The number of thiophene rings is 1. The van der Waals surface area contributed by atoms with Crippen LogP contribution in [0.15, 0.2) is 60.9 Å². The maximum absolute atomic E-state index is 6.12. The van der Waals surface area contributed by atoms with E-state index in [1.165, 1.54) is 6.33 Å². The van der Waals surface area contributed by atoms with Crippen LogP contribution in [0.25, 0.3) is 20.7 Å². The third-order valence-electron chi connectivity index (χ3n) is 4.21. The molecule has 0 saturated heterocycles. The van der Waals surface area contributed by atoms with Crippen molar-refractivity contribution in [2.45, 2.75) is 13.5 Å². The minimum Gasteiger partial charge on any atom is -0.488 e. The van der Waals surface area contributed by atoms with Crippen LogP contribution in [0.5, 0.6) is 5.75 Å². The Kier molecular flexibility index (Phi) is 4.51. The first-order valence-electron chi connectivity index (χ1n) is 8.24. The number of nitrogens with one attached hydrogen (secondary N) is 1. The normalized spacial score (nSPS) is 10.8. The van der Waals surface area contributed by atoms with Crippen LogP contribution in [0.4, 0.5) is 5.82 Å². The number of hydrogen-bond donors (Lipinski definition) is 2. The number of nitrogens with two attached hydrogens (primary N) is 1. The van der Waals surface area contributed by atoms with E-state index in [2.05, 4.69) is 40.5 Å². The summed E-state index contributed by atoms with van der Waals surface area (Å²) >= 11 is 1.62. The SMILES string of the molecule is Cc1c(-c2ccccc2OCc2ccccc2)sc2c(NN)ncnc12. The summed E-state index contributed by atoms with van der Waals surface area (Å²) < 4.78 is 7.06. The summed E-state index contributed by atoms with van der Waals surface area (Å²) in [6.07, 6.45) is 1.53. The summed E-state index contributed by atoms with van der Waals surface area (Å²) in [7, 11) is 0. The molecule has 0 amide bonds. The highest BCUT2D eigenvalue weighted by atomic mass is 32.1. The maximum atomic E-state index is 6.12. The Morgan fingerprint density at radius 3 is 2.62 bits per heavy atom. The lowest BCUT2D eigenvalue weighted by molar-refractivity contribution is 0.307. The van der Waals surface area contributed by atoms with Crippen molar-refractivity contribution < 1.29 is 4.74 Å². The minimum absolute atomic E-state index is 0.525. The first kappa shape index (κ1) is 16.5. The molecule has 4 rings (SSSR count). The number of nitrogens with zero attached hydrogens (tertiary/aromatic N) is 2. The molecule has 0 bridgehead atoms. The third kappa shape index (κ3) is 3.00. The zero-order chi connectivity index (χ0) is 17.9. The molecule has 2 aromatic heterocycles. The van der Waals surface area contributed by atoms with Crippen LogP contribution in [0.1, 0.15) is 11.1 Å². The standard InChI is InChI=1S/C20H18N4OS/c1-13-17-19(20(24-21)23-12-22-17)26-18(13)15-9-5-6-10-16(15)25-11-14-7-3-2-4-8-14/h2-10,12H,11,21H2,1H3,(H,22,23,24). The number of hydrazine groups is 1. The van der Waals surface area contributed by atoms with E-state index in [1.807, 2.05) is 36.4 Å². The molecule has 6 heteroatoms. The van der Waals surface area contributed by atoms with Gasteiger partial charge in [-0.3, -0.25) is 0 Å². The zero-order valence-electron chi connectivity index (χ0n) is 14.3. The average Bonchev–Trinajstić information content (AvgIpc) is 3.04. The van der Waals surface area contributed by atoms with Crippen LogP contribution in [-0.2, 0) is 6.61 Å². The Morgan fingerprint density at radius 2 is 1.81 bits per heavy atom. The van der Waals surface area contributed by atoms with Crippen LogP contribution in [-0.4, -0.2) is 9.97 Å². The quantitative estimate of drug-likeness (QED) is 0.403. The lowest BCUT2D eigenvalue weighted by Crippen LogP contribution is -2.08. The van der Waals surface area contributed by atoms with E-state index in [0.717, 1.165) is 37.5 Å². The summed E-state index contributed by atoms with van der Waals surface area (Å²) in [5.74, 6) is 7.08. The summed E-state index contributed by atoms with van der Waals surface area (Å²) in [6, 6.07) is 18.2. The van der Waals surface area contributed by atoms with Gasteiger partial charge in [0.25, 0.3) is 0 Å². The topological polar surface area (TPSA) is 73.1 Å². The number of fused-ring (bicyclic) bond motifs is 1. The highest BCUT2D eigenvalue weighted by molar-refractivity contribution is 7.23. The van der Waals surface area contributed by atoms with Crippen LogP contribution < -0.4 is 16.0 Å². The highest BCUT2D eigenvalue weighted by Crippen LogP contribution is 2.42. The molecule has 0 aliphatic rings. The van der Waals surface area contributed by atoms with Crippen molar-refractivity contribution in [2.75, 3.05) is 5.43 Å². The van der Waals surface area contributed by atoms with Crippen LogP contribution in [0.3, 0.4) is 0 Å². The number of ether oxygens (including phenoxy) is 1. The molecule has 2 heterocycles. The lowest BCUT2D eigenvalue weighted by atomic mass is 10.1. The number of aryl methyl sites for hydroxylation is 1. The number of anilines is 1. The molecular weight excluding hydrogens is 344 g/mol.